The lowest BCUT2D eigenvalue weighted by Crippen LogP contribution is -2.25. The monoisotopic (exact) mass is 420 g/mol. The van der Waals surface area contributed by atoms with Crippen molar-refractivity contribution in [1.82, 2.24) is 35.1 Å². The maximum atomic E-state index is 12.8. The highest BCUT2D eigenvalue weighted by Gasteiger charge is 2.24. The lowest BCUT2D eigenvalue weighted by atomic mass is 9.87. The molecule has 0 bridgehead atoms. The maximum absolute atomic E-state index is 12.8. The van der Waals surface area contributed by atoms with Gasteiger partial charge in [-0.15, -0.1) is 10.2 Å². The van der Waals surface area contributed by atoms with Crippen LogP contribution in [0.2, 0.25) is 0 Å². The Morgan fingerprint density at radius 3 is 2.62 bits per heavy atom. The summed E-state index contributed by atoms with van der Waals surface area (Å²) in [5.41, 5.74) is 2.16. The van der Waals surface area contributed by atoms with Crippen LogP contribution in [0, 0.1) is 6.92 Å². The van der Waals surface area contributed by atoms with Gasteiger partial charge in [0.05, 0.1) is 20.1 Å². The molecule has 3 aromatic heterocycles. The fourth-order valence-corrected chi connectivity index (χ4v) is 3.78. The van der Waals surface area contributed by atoms with Crippen molar-refractivity contribution in [3.05, 3.63) is 41.2 Å². The summed E-state index contributed by atoms with van der Waals surface area (Å²) >= 11 is 0. The van der Waals surface area contributed by atoms with Crippen molar-refractivity contribution in [2.24, 2.45) is 7.05 Å². The minimum atomic E-state index is -3.86. The average Bonchev–Trinajstić information content (AvgIpc) is 3.26. The minimum Gasteiger partial charge on any atom is -0.364 e. The van der Waals surface area contributed by atoms with Crippen molar-refractivity contribution in [2.75, 3.05) is 5.32 Å². The number of rotatable bonds is 7. The molecule has 11 nitrogen and oxygen atoms in total. The van der Waals surface area contributed by atoms with Gasteiger partial charge in [0, 0.05) is 11.3 Å². The van der Waals surface area contributed by atoms with E-state index in [4.69, 9.17) is 4.52 Å². The number of nitrogens with one attached hydrogen (secondary N) is 2. The highest BCUT2D eigenvalue weighted by Crippen LogP contribution is 2.26. The molecular weight excluding hydrogens is 396 g/mol. The zero-order valence-electron chi connectivity index (χ0n) is 17.0. The van der Waals surface area contributed by atoms with Crippen LogP contribution >= 0.6 is 0 Å². The molecule has 3 heterocycles. The summed E-state index contributed by atoms with van der Waals surface area (Å²) in [5, 5.41) is 18.5. The van der Waals surface area contributed by atoms with Crippen LogP contribution in [-0.4, -0.2) is 38.8 Å². The van der Waals surface area contributed by atoms with Crippen molar-refractivity contribution in [1.29, 1.82) is 0 Å². The molecule has 3 rings (SSSR count). The minimum absolute atomic E-state index is 0.0211. The first-order valence-corrected chi connectivity index (χ1v) is 10.4. The molecule has 12 heteroatoms. The van der Waals surface area contributed by atoms with Crippen molar-refractivity contribution in [3.8, 4) is 0 Å². The summed E-state index contributed by atoms with van der Waals surface area (Å²) < 4.78 is 33.2. The quantitative estimate of drug-likeness (QED) is 0.578. The molecule has 29 heavy (non-hydrogen) atoms. The van der Waals surface area contributed by atoms with E-state index in [-0.39, 0.29) is 35.0 Å². The summed E-state index contributed by atoms with van der Waals surface area (Å²) in [6, 6.07) is 3.14. The molecule has 0 aromatic carbocycles. The smallest absolute Gasteiger partial charge is 0.244 e. The van der Waals surface area contributed by atoms with Crippen LogP contribution in [0.1, 0.15) is 43.5 Å². The Morgan fingerprint density at radius 1 is 1.21 bits per heavy atom. The van der Waals surface area contributed by atoms with Crippen LogP contribution in [0.5, 0.6) is 0 Å². The standard InChI is InChI=1S/C17H24N8O3S/c1-11-6-7-14(29(26,27)19-9-15-21-24-25(5)22-15)16(20-11)18-8-13-12(10-28-23-13)17(2,3)4/h6-7,10,19H,8-9H2,1-5H3,(H,18,20). The molecule has 0 saturated carbocycles. The average molecular weight is 420 g/mol. The molecule has 156 valence electrons. The molecule has 0 saturated heterocycles. The van der Waals surface area contributed by atoms with E-state index in [1.54, 1.807) is 26.3 Å². The number of aromatic nitrogens is 6. The fourth-order valence-electron chi connectivity index (χ4n) is 2.68. The number of hydrogen-bond donors (Lipinski definition) is 2. The first-order chi connectivity index (χ1) is 13.6. The summed E-state index contributed by atoms with van der Waals surface area (Å²) in [6.45, 7) is 8.13. The molecule has 0 radical (unpaired) electrons. The Balaban J connectivity index is 1.81. The third-order valence-corrected chi connectivity index (χ3v) is 5.57. The number of nitrogens with zero attached hydrogens (tertiary/aromatic N) is 6. The molecule has 2 N–H and O–H groups in total. The number of hydrogen-bond acceptors (Lipinski definition) is 9. The number of sulfonamides is 1. The SMILES string of the molecule is Cc1ccc(S(=O)(=O)NCc2nnn(C)n2)c(NCc2nocc2C(C)(C)C)n1. The maximum Gasteiger partial charge on any atom is 0.244 e. The van der Waals surface area contributed by atoms with Gasteiger partial charge in [0.1, 0.15) is 22.7 Å². The summed E-state index contributed by atoms with van der Waals surface area (Å²) in [4.78, 5) is 5.63. The molecular formula is C17H24N8O3S. The van der Waals surface area contributed by atoms with Gasteiger partial charge in [0.2, 0.25) is 10.0 Å². The summed E-state index contributed by atoms with van der Waals surface area (Å²) in [6.07, 6.45) is 1.60. The highest BCUT2D eigenvalue weighted by atomic mass is 32.2. The van der Waals surface area contributed by atoms with Gasteiger partial charge in [-0.3, -0.25) is 0 Å². The van der Waals surface area contributed by atoms with Crippen LogP contribution in [0.25, 0.3) is 0 Å². The van der Waals surface area contributed by atoms with E-state index in [9.17, 15) is 8.42 Å². The van der Waals surface area contributed by atoms with Crippen LogP contribution < -0.4 is 10.0 Å². The highest BCUT2D eigenvalue weighted by molar-refractivity contribution is 7.89. The van der Waals surface area contributed by atoms with Crippen LogP contribution in [0.4, 0.5) is 5.82 Å². The van der Waals surface area contributed by atoms with Crippen molar-refractivity contribution in [2.45, 2.75) is 51.1 Å². The first kappa shape index (κ1) is 20.9. The molecule has 0 aliphatic heterocycles. The molecule has 0 amide bonds. The Bertz CT molecular complexity index is 1100. The molecule has 0 spiro atoms. The molecule has 0 atom stereocenters. The predicted octanol–water partition coefficient (Wildman–Crippen LogP) is 1.29. The second-order valence-electron chi connectivity index (χ2n) is 7.60. The topological polar surface area (TPSA) is 141 Å². The van der Waals surface area contributed by atoms with Gasteiger partial charge in [-0.25, -0.2) is 18.1 Å². The fraction of sp³-hybridized carbons (Fsp3) is 0.471. The van der Waals surface area contributed by atoms with E-state index < -0.39 is 10.0 Å². The zero-order valence-corrected chi connectivity index (χ0v) is 17.8. The van der Waals surface area contributed by atoms with Crippen molar-refractivity contribution < 1.29 is 12.9 Å². The van der Waals surface area contributed by atoms with Gasteiger partial charge in [-0.05, 0) is 29.7 Å². The van der Waals surface area contributed by atoms with E-state index in [0.717, 1.165) is 5.56 Å². The summed E-state index contributed by atoms with van der Waals surface area (Å²) in [5.74, 6) is 0.496. The molecule has 3 aromatic rings. The lowest BCUT2D eigenvalue weighted by Gasteiger charge is -2.18. The predicted molar refractivity (Wildman–Crippen MR) is 104 cm³/mol. The Morgan fingerprint density at radius 2 is 1.97 bits per heavy atom. The van der Waals surface area contributed by atoms with Gasteiger partial charge >= 0.3 is 0 Å². The van der Waals surface area contributed by atoms with Crippen LogP contribution in [0.15, 0.2) is 27.8 Å². The van der Waals surface area contributed by atoms with E-state index in [0.29, 0.717) is 11.4 Å². The second kappa shape index (κ2) is 7.87. The Labute approximate surface area is 168 Å². The van der Waals surface area contributed by atoms with Gasteiger partial charge in [-0.2, -0.15) is 4.80 Å². The molecule has 0 fully saturated rings. The summed E-state index contributed by atoms with van der Waals surface area (Å²) in [7, 11) is -2.26. The Hall–Kier alpha value is -2.86. The van der Waals surface area contributed by atoms with Crippen LogP contribution in [-0.2, 0) is 35.6 Å². The number of tetrazole rings is 1. The van der Waals surface area contributed by atoms with Gasteiger partial charge < -0.3 is 9.84 Å². The van der Waals surface area contributed by atoms with Gasteiger partial charge in [0.15, 0.2) is 5.82 Å². The van der Waals surface area contributed by atoms with Crippen molar-refractivity contribution in [3.63, 3.8) is 0 Å². The van der Waals surface area contributed by atoms with Crippen LogP contribution in [0.3, 0.4) is 0 Å². The third kappa shape index (κ3) is 4.95. The number of pyridine rings is 1. The molecule has 0 aliphatic carbocycles. The van der Waals surface area contributed by atoms with Crippen molar-refractivity contribution >= 4 is 15.8 Å². The normalized spacial score (nSPS) is 12.3. The Kier molecular flexibility index (Phi) is 5.66. The zero-order chi connectivity index (χ0) is 21.2. The molecule has 0 aliphatic rings. The van der Waals surface area contributed by atoms with Gasteiger partial charge in [-0.1, -0.05) is 25.9 Å². The van der Waals surface area contributed by atoms with E-state index in [1.165, 1.54) is 10.9 Å². The second-order valence-corrected chi connectivity index (χ2v) is 9.33. The number of aryl methyl sites for hydroxylation is 2. The first-order valence-electron chi connectivity index (χ1n) is 8.94. The van der Waals surface area contributed by atoms with E-state index in [1.807, 2.05) is 20.8 Å². The number of anilines is 1. The molecule has 0 unspecified atom stereocenters. The van der Waals surface area contributed by atoms with Gasteiger partial charge in [0.25, 0.3) is 0 Å². The largest absolute Gasteiger partial charge is 0.364 e. The third-order valence-electron chi connectivity index (χ3n) is 4.13. The van der Waals surface area contributed by atoms with E-state index >= 15 is 0 Å². The lowest BCUT2D eigenvalue weighted by molar-refractivity contribution is 0.410. The van der Waals surface area contributed by atoms with E-state index in [2.05, 4.69) is 35.6 Å².